The lowest BCUT2D eigenvalue weighted by Gasteiger charge is -2.22. The highest BCUT2D eigenvalue weighted by molar-refractivity contribution is 5.76. The van der Waals surface area contributed by atoms with E-state index in [1.807, 2.05) is 20.8 Å². The zero-order valence-electron chi connectivity index (χ0n) is 9.13. The second-order valence-electron chi connectivity index (χ2n) is 4.23. The number of ether oxygens (including phenoxy) is 2. The molecule has 0 aliphatic carbocycles. The van der Waals surface area contributed by atoms with Crippen molar-refractivity contribution in [2.75, 3.05) is 6.61 Å². The highest BCUT2D eigenvalue weighted by Gasteiger charge is 2.32. The largest absolute Gasteiger partial charge is 0.494 e. The molecule has 0 bridgehead atoms. The molecule has 14 heavy (non-hydrogen) atoms. The molecule has 1 unspecified atom stereocenters. The third-order valence-electron chi connectivity index (χ3n) is 2.71. The van der Waals surface area contributed by atoms with Gasteiger partial charge in [0.05, 0.1) is 12.0 Å². The van der Waals surface area contributed by atoms with Crippen LogP contribution < -0.4 is 0 Å². The molecular formula is C11H18O3. The molecule has 1 atom stereocenters. The summed E-state index contributed by atoms with van der Waals surface area (Å²) in [6.07, 6.45) is 1.25. The van der Waals surface area contributed by atoms with E-state index in [-0.39, 0.29) is 12.1 Å². The van der Waals surface area contributed by atoms with Crippen molar-refractivity contribution in [1.82, 2.24) is 0 Å². The summed E-state index contributed by atoms with van der Waals surface area (Å²) in [5.41, 5.74) is -0.414. The van der Waals surface area contributed by atoms with E-state index < -0.39 is 5.41 Å². The van der Waals surface area contributed by atoms with Crippen LogP contribution in [0.25, 0.3) is 0 Å². The quantitative estimate of drug-likeness (QED) is 0.652. The molecule has 1 saturated heterocycles. The lowest BCUT2D eigenvalue weighted by molar-refractivity contribution is -0.158. The van der Waals surface area contributed by atoms with E-state index in [1.165, 1.54) is 0 Å². The molecule has 0 N–H and O–H groups in total. The molecule has 0 saturated carbocycles. The van der Waals surface area contributed by atoms with Gasteiger partial charge in [0, 0.05) is 6.42 Å². The number of carbonyl (C=O) groups excluding carboxylic acids is 1. The minimum Gasteiger partial charge on any atom is -0.494 e. The van der Waals surface area contributed by atoms with Crippen molar-refractivity contribution in [3.63, 3.8) is 0 Å². The molecule has 0 aromatic carbocycles. The zero-order chi connectivity index (χ0) is 10.8. The Labute approximate surface area is 85.1 Å². The van der Waals surface area contributed by atoms with Crippen molar-refractivity contribution in [1.29, 1.82) is 0 Å². The van der Waals surface area contributed by atoms with Gasteiger partial charge in [0.25, 0.3) is 0 Å². The van der Waals surface area contributed by atoms with E-state index in [4.69, 9.17) is 9.47 Å². The topological polar surface area (TPSA) is 35.5 Å². The molecule has 0 amide bonds. The van der Waals surface area contributed by atoms with Gasteiger partial charge in [-0.1, -0.05) is 13.5 Å². The molecule has 1 aliphatic rings. The van der Waals surface area contributed by atoms with Crippen molar-refractivity contribution in [2.45, 2.75) is 39.7 Å². The summed E-state index contributed by atoms with van der Waals surface area (Å²) >= 11 is 0. The highest BCUT2D eigenvalue weighted by atomic mass is 16.6. The zero-order valence-corrected chi connectivity index (χ0v) is 9.13. The monoisotopic (exact) mass is 198 g/mol. The van der Waals surface area contributed by atoms with E-state index in [1.54, 1.807) is 0 Å². The second kappa shape index (κ2) is 4.03. The molecule has 0 aromatic heterocycles. The maximum absolute atomic E-state index is 11.7. The van der Waals surface area contributed by atoms with Crippen LogP contribution in [0.15, 0.2) is 12.3 Å². The predicted octanol–water partition coefficient (Wildman–Crippen LogP) is 2.27. The van der Waals surface area contributed by atoms with Crippen LogP contribution in [-0.2, 0) is 14.3 Å². The Morgan fingerprint density at radius 3 is 2.79 bits per heavy atom. The van der Waals surface area contributed by atoms with Crippen LogP contribution in [0.1, 0.15) is 33.6 Å². The van der Waals surface area contributed by atoms with E-state index in [0.717, 1.165) is 12.8 Å². The van der Waals surface area contributed by atoms with Crippen LogP contribution in [-0.4, -0.2) is 18.7 Å². The van der Waals surface area contributed by atoms with Crippen molar-refractivity contribution < 1.29 is 14.3 Å². The van der Waals surface area contributed by atoms with Crippen LogP contribution in [0.4, 0.5) is 0 Å². The van der Waals surface area contributed by atoms with Gasteiger partial charge in [0.15, 0.2) is 6.10 Å². The van der Waals surface area contributed by atoms with Crippen LogP contribution in [0, 0.1) is 5.41 Å². The Hall–Kier alpha value is -0.990. The minimum atomic E-state index is -0.414. The van der Waals surface area contributed by atoms with E-state index >= 15 is 0 Å². The van der Waals surface area contributed by atoms with Gasteiger partial charge in [-0.2, -0.15) is 0 Å². The minimum absolute atomic E-state index is 0.170. The van der Waals surface area contributed by atoms with Crippen LogP contribution >= 0.6 is 0 Å². The average Bonchev–Trinajstić information content (AvgIpc) is 2.52. The predicted molar refractivity (Wildman–Crippen MR) is 53.7 cm³/mol. The summed E-state index contributed by atoms with van der Waals surface area (Å²) in [4.78, 5) is 11.7. The van der Waals surface area contributed by atoms with Gasteiger partial charge in [-0.3, -0.25) is 4.79 Å². The molecule has 3 heteroatoms. The second-order valence-corrected chi connectivity index (χ2v) is 4.23. The molecular weight excluding hydrogens is 180 g/mol. The SMILES string of the molecule is C=C1OCCC1OC(=O)C(C)(C)CC. The molecule has 3 nitrogen and oxygen atoms in total. The summed E-state index contributed by atoms with van der Waals surface area (Å²) in [7, 11) is 0. The maximum atomic E-state index is 11.7. The van der Waals surface area contributed by atoms with Gasteiger partial charge in [0.2, 0.25) is 0 Å². The summed E-state index contributed by atoms with van der Waals surface area (Å²) in [6.45, 7) is 10.0. The number of hydrogen-bond acceptors (Lipinski definition) is 3. The number of carbonyl (C=O) groups is 1. The van der Waals surface area contributed by atoms with Crippen molar-refractivity contribution in [2.24, 2.45) is 5.41 Å². The van der Waals surface area contributed by atoms with E-state index in [2.05, 4.69) is 6.58 Å². The van der Waals surface area contributed by atoms with E-state index in [9.17, 15) is 4.79 Å². The molecule has 0 radical (unpaired) electrons. The van der Waals surface area contributed by atoms with Gasteiger partial charge in [-0.05, 0) is 20.3 Å². The molecule has 1 fully saturated rings. The van der Waals surface area contributed by atoms with Crippen LogP contribution in [0.2, 0.25) is 0 Å². The first-order valence-corrected chi connectivity index (χ1v) is 5.00. The molecule has 1 aliphatic heterocycles. The molecule has 0 aromatic rings. The number of esters is 1. The molecule has 1 heterocycles. The van der Waals surface area contributed by atoms with Gasteiger partial charge in [0.1, 0.15) is 5.76 Å². The average molecular weight is 198 g/mol. The lowest BCUT2D eigenvalue weighted by Crippen LogP contribution is -2.29. The fraction of sp³-hybridized carbons (Fsp3) is 0.727. The molecule has 1 rings (SSSR count). The Morgan fingerprint density at radius 1 is 1.71 bits per heavy atom. The summed E-state index contributed by atoms with van der Waals surface area (Å²) in [5.74, 6) is 0.405. The Balaban J connectivity index is 2.52. The van der Waals surface area contributed by atoms with E-state index in [0.29, 0.717) is 12.4 Å². The van der Waals surface area contributed by atoms with Crippen molar-refractivity contribution in [3.8, 4) is 0 Å². The third kappa shape index (κ3) is 2.28. The van der Waals surface area contributed by atoms with Gasteiger partial charge in [-0.15, -0.1) is 0 Å². The Kier molecular flexibility index (Phi) is 3.19. The first-order chi connectivity index (χ1) is 6.47. The highest BCUT2D eigenvalue weighted by Crippen LogP contribution is 2.26. The van der Waals surface area contributed by atoms with Crippen LogP contribution in [0.3, 0.4) is 0 Å². The smallest absolute Gasteiger partial charge is 0.312 e. The number of hydrogen-bond donors (Lipinski definition) is 0. The fourth-order valence-electron chi connectivity index (χ4n) is 1.11. The van der Waals surface area contributed by atoms with Gasteiger partial charge < -0.3 is 9.47 Å². The molecule has 80 valence electrons. The van der Waals surface area contributed by atoms with Gasteiger partial charge >= 0.3 is 5.97 Å². The normalized spacial score (nSPS) is 21.9. The van der Waals surface area contributed by atoms with Crippen LogP contribution in [0.5, 0.6) is 0 Å². The van der Waals surface area contributed by atoms with Crippen molar-refractivity contribution >= 4 is 5.97 Å². The Bertz CT molecular complexity index is 243. The van der Waals surface area contributed by atoms with Crippen molar-refractivity contribution in [3.05, 3.63) is 12.3 Å². The summed E-state index contributed by atoms with van der Waals surface area (Å²) < 4.78 is 10.5. The summed E-state index contributed by atoms with van der Waals surface area (Å²) in [5, 5.41) is 0. The summed E-state index contributed by atoms with van der Waals surface area (Å²) in [6, 6.07) is 0. The van der Waals surface area contributed by atoms with Gasteiger partial charge in [-0.25, -0.2) is 0 Å². The number of rotatable bonds is 3. The Morgan fingerprint density at radius 2 is 2.36 bits per heavy atom. The first kappa shape index (κ1) is 11.1. The maximum Gasteiger partial charge on any atom is 0.312 e. The molecule has 0 spiro atoms. The third-order valence-corrected chi connectivity index (χ3v) is 2.71. The standard InChI is InChI=1S/C11H18O3/c1-5-11(3,4)10(12)14-9-6-7-13-8(9)2/h9H,2,5-7H2,1,3-4H3. The first-order valence-electron chi connectivity index (χ1n) is 5.00. The fourth-order valence-corrected chi connectivity index (χ4v) is 1.11. The lowest BCUT2D eigenvalue weighted by atomic mass is 9.90.